The quantitative estimate of drug-likeness (QED) is 0.639. The molecule has 0 bridgehead atoms. The van der Waals surface area contributed by atoms with Crippen LogP contribution in [0.25, 0.3) is 0 Å². The van der Waals surface area contributed by atoms with Crippen molar-refractivity contribution in [3.63, 3.8) is 0 Å². The summed E-state index contributed by atoms with van der Waals surface area (Å²) in [4.78, 5) is 8.53. The van der Waals surface area contributed by atoms with Crippen LogP contribution in [0.1, 0.15) is 17.3 Å². The first-order valence-corrected chi connectivity index (χ1v) is 6.65. The molecule has 3 N–H and O–H groups in total. The third-order valence-electron chi connectivity index (χ3n) is 2.79. The van der Waals surface area contributed by atoms with Gasteiger partial charge in [0.15, 0.2) is 0 Å². The third-order valence-corrected chi connectivity index (χ3v) is 3.32. The van der Waals surface area contributed by atoms with Crippen LogP contribution in [0.5, 0.6) is 11.8 Å². The smallest absolute Gasteiger partial charge is 0.240 e. The highest BCUT2D eigenvalue weighted by Crippen LogP contribution is 2.28. The van der Waals surface area contributed by atoms with Gasteiger partial charge in [-0.05, 0) is 17.7 Å². The number of benzene rings is 1. The van der Waals surface area contributed by atoms with Gasteiger partial charge in [-0.2, -0.15) is 4.98 Å². The van der Waals surface area contributed by atoms with Crippen molar-refractivity contribution in [1.82, 2.24) is 15.4 Å². The van der Waals surface area contributed by atoms with E-state index in [4.69, 9.17) is 15.3 Å². The van der Waals surface area contributed by atoms with Crippen molar-refractivity contribution in [2.24, 2.45) is 5.84 Å². The second-order valence-electron chi connectivity index (χ2n) is 3.96. The van der Waals surface area contributed by atoms with Crippen molar-refractivity contribution < 1.29 is 9.47 Å². The fraction of sp³-hybridized carbons (Fsp3) is 0.231. The highest BCUT2D eigenvalue weighted by molar-refractivity contribution is 9.10. The lowest BCUT2D eigenvalue weighted by molar-refractivity contribution is 0.352. The van der Waals surface area contributed by atoms with E-state index >= 15 is 0 Å². The largest absolute Gasteiger partial charge is 0.480 e. The fourth-order valence-corrected chi connectivity index (χ4v) is 2.07. The van der Waals surface area contributed by atoms with E-state index in [-0.39, 0.29) is 6.04 Å². The van der Waals surface area contributed by atoms with E-state index in [1.54, 1.807) is 0 Å². The fourth-order valence-electron chi connectivity index (χ4n) is 1.80. The Morgan fingerprint density at radius 2 is 1.90 bits per heavy atom. The van der Waals surface area contributed by atoms with Crippen LogP contribution in [0.3, 0.4) is 0 Å². The minimum atomic E-state index is -0.323. The maximum absolute atomic E-state index is 5.65. The molecule has 1 aromatic heterocycles. The van der Waals surface area contributed by atoms with Crippen LogP contribution >= 0.6 is 15.9 Å². The highest BCUT2D eigenvalue weighted by atomic mass is 79.9. The van der Waals surface area contributed by atoms with Crippen LogP contribution in [0.4, 0.5) is 0 Å². The zero-order valence-corrected chi connectivity index (χ0v) is 12.7. The molecule has 0 aliphatic carbocycles. The Kier molecular flexibility index (Phi) is 4.89. The minimum Gasteiger partial charge on any atom is -0.480 e. The van der Waals surface area contributed by atoms with Crippen molar-refractivity contribution in [2.75, 3.05) is 14.2 Å². The molecule has 0 radical (unpaired) electrons. The van der Waals surface area contributed by atoms with E-state index in [1.807, 2.05) is 24.3 Å². The first kappa shape index (κ1) is 14.7. The molecule has 7 heteroatoms. The van der Waals surface area contributed by atoms with Gasteiger partial charge in [-0.3, -0.25) is 5.84 Å². The molecule has 106 valence electrons. The van der Waals surface area contributed by atoms with Gasteiger partial charge in [0.25, 0.3) is 0 Å². The molecule has 0 aliphatic rings. The summed E-state index contributed by atoms with van der Waals surface area (Å²) in [6.07, 6.45) is 1.53. The van der Waals surface area contributed by atoms with Gasteiger partial charge in [0, 0.05) is 4.47 Å². The Balaban J connectivity index is 2.43. The van der Waals surface area contributed by atoms with E-state index in [2.05, 4.69) is 31.3 Å². The average Bonchev–Trinajstić information content (AvgIpc) is 2.50. The van der Waals surface area contributed by atoms with Gasteiger partial charge in [0.05, 0.1) is 26.5 Å². The number of halogens is 1. The Hall–Kier alpha value is -1.70. The van der Waals surface area contributed by atoms with Crippen molar-refractivity contribution in [3.8, 4) is 11.8 Å². The predicted octanol–water partition coefficient (Wildman–Crippen LogP) is 1.81. The van der Waals surface area contributed by atoms with E-state index in [1.165, 1.54) is 20.4 Å². The van der Waals surface area contributed by atoms with Crippen LogP contribution in [-0.2, 0) is 0 Å². The summed E-state index contributed by atoms with van der Waals surface area (Å²) in [6.45, 7) is 0. The molecule has 0 fully saturated rings. The van der Waals surface area contributed by atoms with Crippen molar-refractivity contribution in [3.05, 3.63) is 46.2 Å². The van der Waals surface area contributed by atoms with E-state index < -0.39 is 0 Å². The number of aromatic nitrogens is 2. The molecule has 2 rings (SSSR count). The summed E-state index contributed by atoms with van der Waals surface area (Å²) in [5.74, 6) is 6.41. The molecule has 2 aromatic rings. The SMILES string of the molecule is COc1cnc(C(NN)c2ccc(Br)cc2)c(OC)n1. The normalized spacial score (nSPS) is 12.0. The predicted molar refractivity (Wildman–Crippen MR) is 78.4 cm³/mol. The number of methoxy groups -OCH3 is 2. The van der Waals surface area contributed by atoms with Crippen LogP contribution in [-0.4, -0.2) is 24.2 Å². The zero-order chi connectivity index (χ0) is 14.5. The average molecular weight is 339 g/mol. The second-order valence-corrected chi connectivity index (χ2v) is 4.87. The van der Waals surface area contributed by atoms with E-state index in [0.717, 1.165) is 10.0 Å². The molecule has 0 amide bonds. The summed E-state index contributed by atoms with van der Waals surface area (Å²) in [7, 11) is 3.05. The summed E-state index contributed by atoms with van der Waals surface area (Å²) >= 11 is 3.40. The van der Waals surface area contributed by atoms with Crippen LogP contribution in [0.15, 0.2) is 34.9 Å². The number of hydrogen-bond donors (Lipinski definition) is 2. The Bertz CT molecular complexity index is 577. The Morgan fingerprint density at radius 1 is 1.20 bits per heavy atom. The molecule has 1 unspecified atom stereocenters. The Labute approximate surface area is 125 Å². The van der Waals surface area contributed by atoms with Crippen molar-refractivity contribution >= 4 is 15.9 Å². The number of nitrogens with two attached hydrogens (primary N) is 1. The van der Waals surface area contributed by atoms with Crippen molar-refractivity contribution in [1.29, 1.82) is 0 Å². The maximum atomic E-state index is 5.65. The lowest BCUT2D eigenvalue weighted by atomic mass is 10.0. The molecular formula is C13H15BrN4O2. The second kappa shape index (κ2) is 6.65. The summed E-state index contributed by atoms with van der Waals surface area (Å²) in [5.41, 5.74) is 4.28. The van der Waals surface area contributed by atoms with Gasteiger partial charge >= 0.3 is 0 Å². The number of ether oxygens (including phenoxy) is 2. The molecule has 6 nitrogen and oxygen atoms in total. The van der Waals surface area contributed by atoms with Crippen LogP contribution in [0.2, 0.25) is 0 Å². The molecule has 0 saturated carbocycles. The number of nitrogens with zero attached hydrogens (tertiary/aromatic N) is 2. The first-order valence-electron chi connectivity index (χ1n) is 5.86. The van der Waals surface area contributed by atoms with Gasteiger partial charge in [-0.15, -0.1) is 0 Å². The minimum absolute atomic E-state index is 0.323. The molecule has 20 heavy (non-hydrogen) atoms. The van der Waals surface area contributed by atoms with Gasteiger partial charge in [-0.25, -0.2) is 10.4 Å². The number of rotatable bonds is 5. The molecular weight excluding hydrogens is 324 g/mol. The number of hydrazine groups is 1. The third kappa shape index (κ3) is 3.06. The molecule has 1 aromatic carbocycles. The number of nitrogens with one attached hydrogen (secondary N) is 1. The number of hydrogen-bond acceptors (Lipinski definition) is 6. The van der Waals surface area contributed by atoms with Gasteiger partial charge < -0.3 is 9.47 Å². The maximum Gasteiger partial charge on any atom is 0.240 e. The molecule has 1 heterocycles. The summed E-state index contributed by atoms with van der Waals surface area (Å²) in [6, 6.07) is 7.43. The van der Waals surface area contributed by atoms with Gasteiger partial charge in [-0.1, -0.05) is 28.1 Å². The van der Waals surface area contributed by atoms with E-state index in [0.29, 0.717) is 17.5 Å². The summed E-state index contributed by atoms with van der Waals surface area (Å²) in [5, 5.41) is 0. The highest BCUT2D eigenvalue weighted by Gasteiger charge is 2.20. The summed E-state index contributed by atoms with van der Waals surface area (Å²) < 4.78 is 11.3. The standard InChI is InChI=1S/C13H15BrN4O2/c1-19-10-7-16-12(13(17-10)20-2)11(18-15)8-3-5-9(14)6-4-8/h3-7,11,18H,15H2,1-2H3. The molecule has 0 spiro atoms. The zero-order valence-electron chi connectivity index (χ0n) is 11.1. The van der Waals surface area contributed by atoms with Crippen molar-refractivity contribution in [2.45, 2.75) is 6.04 Å². The topological polar surface area (TPSA) is 82.3 Å². The van der Waals surface area contributed by atoms with Gasteiger partial charge in [0.2, 0.25) is 11.8 Å². The first-order chi connectivity index (χ1) is 9.69. The van der Waals surface area contributed by atoms with Crippen LogP contribution in [0, 0.1) is 0 Å². The monoisotopic (exact) mass is 338 g/mol. The van der Waals surface area contributed by atoms with E-state index in [9.17, 15) is 0 Å². The molecule has 1 atom stereocenters. The molecule has 0 aliphatic heterocycles. The van der Waals surface area contributed by atoms with Gasteiger partial charge in [0.1, 0.15) is 5.69 Å². The molecule has 0 saturated heterocycles. The lowest BCUT2D eigenvalue weighted by Crippen LogP contribution is -2.30. The van der Waals surface area contributed by atoms with Crippen LogP contribution < -0.4 is 20.7 Å². The lowest BCUT2D eigenvalue weighted by Gasteiger charge is -2.18. The Morgan fingerprint density at radius 3 is 2.45 bits per heavy atom.